The van der Waals surface area contributed by atoms with Crippen LogP contribution in [-0.2, 0) is 28.7 Å². The van der Waals surface area contributed by atoms with E-state index in [1.54, 1.807) is 34.6 Å². The zero-order valence-corrected chi connectivity index (χ0v) is 24.6. The van der Waals surface area contributed by atoms with E-state index in [-0.39, 0.29) is 12.8 Å². The highest BCUT2D eigenvalue weighted by Gasteiger charge is 2.44. The number of aryl methyl sites for hydroxylation is 2. The van der Waals surface area contributed by atoms with Crippen LogP contribution in [0.1, 0.15) is 83.5 Å². The van der Waals surface area contributed by atoms with Gasteiger partial charge in [-0.15, -0.1) is 0 Å². The minimum atomic E-state index is -1.22. The van der Waals surface area contributed by atoms with Crippen molar-refractivity contribution in [3.05, 3.63) is 34.9 Å². The van der Waals surface area contributed by atoms with Crippen molar-refractivity contribution < 1.29 is 33.4 Å². The molecule has 11 heteroatoms. The van der Waals surface area contributed by atoms with E-state index >= 15 is 0 Å². The fraction of sp³-hybridized carbons (Fsp3) is 0.607. The van der Waals surface area contributed by atoms with Crippen LogP contribution in [0.2, 0.25) is 0 Å². The van der Waals surface area contributed by atoms with Crippen molar-refractivity contribution in [3.8, 4) is 0 Å². The third kappa shape index (κ3) is 9.88. The highest BCUT2D eigenvalue weighted by Crippen LogP contribution is 2.35. The molecule has 0 fully saturated rings. The number of methoxy groups -OCH3 is 1. The summed E-state index contributed by atoms with van der Waals surface area (Å²) in [5, 5.41) is 5.16. The summed E-state index contributed by atoms with van der Waals surface area (Å²) >= 11 is 0. The molecule has 1 aromatic carbocycles. The Balaban J connectivity index is 3.75. The number of nitrogens with one attached hydrogen (secondary N) is 2. The second-order valence-electron chi connectivity index (χ2n) is 11.1. The molecule has 11 nitrogen and oxygen atoms in total. The van der Waals surface area contributed by atoms with Gasteiger partial charge in [-0.2, -0.15) is 0 Å². The normalized spacial score (nSPS) is 13.1. The molecule has 1 rings (SSSR count). The maximum Gasteiger partial charge on any atom is 0.408 e. The molecule has 0 heterocycles. The molecule has 0 saturated carbocycles. The molecule has 0 aromatic heterocycles. The number of rotatable bonds is 12. The minimum absolute atomic E-state index is 0.104. The van der Waals surface area contributed by atoms with Crippen molar-refractivity contribution in [1.29, 1.82) is 0 Å². The molecule has 0 saturated heterocycles. The standard InChI is InChI=1S/C28H44N4O7/c1-10-28(7,8)32(25(36)19(14-15-20(29)33)31-26(37)39-27(4,5)6)23(24(35)30-16-21(34)38-9)22-17(2)12-11-13-18(22)3/h11-13,19,23H,10,14-16H2,1-9H3,(H2,29,33)(H,30,35)(H,31,37). The molecular formula is C28H44N4O7. The second kappa shape index (κ2) is 14.0. The van der Waals surface area contributed by atoms with E-state index in [0.29, 0.717) is 12.0 Å². The van der Waals surface area contributed by atoms with E-state index < -0.39 is 59.6 Å². The third-order valence-corrected chi connectivity index (χ3v) is 6.38. The Bertz CT molecular complexity index is 1040. The van der Waals surface area contributed by atoms with Gasteiger partial charge in [0, 0.05) is 12.0 Å². The van der Waals surface area contributed by atoms with Gasteiger partial charge in [-0.05, 0) is 78.0 Å². The Labute approximate surface area is 231 Å². The number of alkyl carbamates (subject to hydrolysis) is 1. The Morgan fingerprint density at radius 2 is 1.59 bits per heavy atom. The maximum absolute atomic E-state index is 14.3. The lowest BCUT2D eigenvalue weighted by molar-refractivity contribution is -0.150. The predicted octanol–water partition coefficient (Wildman–Crippen LogP) is 2.81. The molecule has 4 amide bonds. The first-order valence-electron chi connectivity index (χ1n) is 13.0. The number of ether oxygens (including phenoxy) is 2. The molecule has 2 unspecified atom stereocenters. The van der Waals surface area contributed by atoms with Gasteiger partial charge in [0.25, 0.3) is 0 Å². The van der Waals surface area contributed by atoms with Gasteiger partial charge in [-0.1, -0.05) is 25.1 Å². The van der Waals surface area contributed by atoms with Crippen LogP contribution in [0.25, 0.3) is 0 Å². The van der Waals surface area contributed by atoms with Crippen LogP contribution in [0.4, 0.5) is 4.79 Å². The maximum atomic E-state index is 14.3. The topological polar surface area (TPSA) is 157 Å². The number of hydrogen-bond acceptors (Lipinski definition) is 7. The van der Waals surface area contributed by atoms with Crippen molar-refractivity contribution in [2.45, 2.75) is 97.9 Å². The molecule has 218 valence electrons. The van der Waals surface area contributed by atoms with Crippen molar-refractivity contribution in [2.75, 3.05) is 13.7 Å². The number of benzene rings is 1. The summed E-state index contributed by atoms with van der Waals surface area (Å²) in [6.07, 6.45) is -0.694. The van der Waals surface area contributed by atoms with E-state index in [1.165, 1.54) is 12.0 Å². The zero-order chi connectivity index (χ0) is 30.1. The fourth-order valence-corrected chi connectivity index (χ4v) is 4.07. The summed E-state index contributed by atoms with van der Waals surface area (Å²) in [6.45, 7) is 13.8. The lowest BCUT2D eigenvalue weighted by Crippen LogP contribution is -2.59. The van der Waals surface area contributed by atoms with Gasteiger partial charge < -0.3 is 30.7 Å². The SMILES string of the molecule is CCC(C)(C)N(C(=O)C(CCC(N)=O)NC(=O)OC(C)(C)C)C(C(=O)NCC(=O)OC)c1c(C)cccc1C. The number of carbonyl (C=O) groups excluding carboxylic acids is 5. The van der Waals surface area contributed by atoms with E-state index in [9.17, 15) is 24.0 Å². The molecule has 0 bridgehead atoms. The molecule has 0 aliphatic heterocycles. The van der Waals surface area contributed by atoms with Crippen LogP contribution in [-0.4, -0.2) is 65.5 Å². The van der Waals surface area contributed by atoms with E-state index in [2.05, 4.69) is 15.4 Å². The van der Waals surface area contributed by atoms with Gasteiger partial charge in [0.15, 0.2) is 0 Å². The van der Waals surface area contributed by atoms with E-state index in [4.69, 9.17) is 10.5 Å². The molecule has 0 radical (unpaired) electrons. The van der Waals surface area contributed by atoms with E-state index in [0.717, 1.165) is 11.1 Å². The first-order valence-corrected chi connectivity index (χ1v) is 13.0. The summed E-state index contributed by atoms with van der Waals surface area (Å²) in [7, 11) is 1.21. The van der Waals surface area contributed by atoms with Crippen LogP contribution in [0.5, 0.6) is 0 Å². The van der Waals surface area contributed by atoms with Crippen LogP contribution >= 0.6 is 0 Å². The van der Waals surface area contributed by atoms with Crippen molar-refractivity contribution in [3.63, 3.8) is 0 Å². The van der Waals surface area contributed by atoms with Gasteiger partial charge in [-0.25, -0.2) is 4.79 Å². The lowest BCUT2D eigenvalue weighted by atomic mass is 9.88. The molecule has 39 heavy (non-hydrogen) atoms. The van der Waals surface area contributed by atoms with Crippen LogP contribution in [0, 0.1) is 13.8 Å². The van der Waals surface area contributed by atoms with Crippen LogP contribution in [0.15, 0.2) is 18.2 Å². The quantitative estimate of drug-likeness (QED) is 0.339. The van der Waals surface area contributed by atoms with Gasteiger partial charge in [0.05, 0.1) is 7.11 Å². The highest BCUT2D eigenvalue weighted by molar-refractivity contribution is 5.94. The van der Waals surface area contributed by atoms with E-state index in [1.807, 2.05) is 39.0 Å². The molecule has 4 N–H and O–H groups in total. The number of esters is 1. The summed E-state index contributed by atoms with van der Waals surface area (Å²) in [6, 6.07) is 3.10. The minimum Gasteiger partial charge on any atom is -0.468 e. The average molecular weight is 549 g/mol. The Kier molecular flexibility index (Phi) is 12.0. The number of amides is 4. The van der Waals surface area contributed by atoms with Crippen LogP contribution < -0.4 is 16.4 Å². The number of primary amides is 1. The summed E-state index contributed by atoms with van der Waals surface area (Å²) < 4.78 is 10.0. The highest BCUT2D eigenvalue weighted by atomic mass is 16.6. The third-order valence-electron chi connectivity index (χ3n) is 6.38. The van der Waals surface area contributed by atoms with Crippen molar-refractivity contribution in [1.82, 2.24) is 15.5 Å². The average Bonchev–Trinajstić information content (AvgIpc) is 2.82. The Hall–Kier alpha value is -3.63. The number of nitrogens with two attached hydrogens (primary N) is 1. The van der Waals surface area contributed by atoms with Crippen LogP contribution in [0.3, 0.4) is 0 Å². The fourth-order valence-electron chi connectivity index (χ4n) is 4.07. The largest absolute Gasteiger partial charge is 0.468 e. The smallest absolute Gasteiger partial charge is 0.408 e. The number of carbonyl (C=O) groups is 5. The Morgan fingerprint density at radius 1 is 1.03 bits per heavy atom. The second-order valence-corrected chi connectivity index (χ2v) is 11.1. The molecule has 1 aromatic rings. The summed E-state index contributed by atoms with van der Waals surface area (Å²) in [4.78, 5) is 65.7. The predicted molar refractivity (Wildman–Crippen MR) is 146 cm³/mol. The van der Waals surface area contributed by atoms with Gasteiger partial charge in [-0.3, -0.25) is 19.2 Å². The van der Waals surface area contributed by atoms with Gasteiger partial charge in [0.2, 0.25) is 17.7 Å². The van der Waals surface area contributed by atoms with Crippen molar-refractivity contribution >= 4 is 29.8 Å². The molecule has 0 aliphatic carbocycles. The molecule has 0 aliphatic rings. The number of nitrogens with zero attached hydrogens (tertiary/aromatic N) is 1. The van der Waals surface area contributed by atoms with Gasteiger partial charge >= 0.3 is 12.1 Å². The molecular weight excluding hydrogens is 504 g/mol. The summed E-state index contributed by atoms with van der Waals surface area (Å²) in [5.41, 5.74) is 5.72. The number of hydrogen-bond donors (Lipinski definition) is 3. The monoisotopic (exact) mass is 548 g/mol. The van der Waals surface area contributed by atoms with Crippen molar-refractivity contribution in [2.24, 2.45) is 5.73 Å². The molecule has 0 spiro atoms. The first kappa shape index (κ1) is 33.4. The van der Waals surface area contributed by atoms with Gasteiger partial charge in [0.1, 0.15) is 24.2 Å². The summed E-state index contributed by atoms with van der Waals surface area (Å²) in [5.74, 6) is -2.50. The Morgan fingerprint density at radius 3 is 2.05 bits per heavy atom. The molecule has 2 atom stereocenters. The zero-order valence-electron chi connectivity index (χ0n) is 24.6. The lowest BCUT2D eigenvalue weighted by Gasteiger charge is -2.45. The first-order chi connectivity index (χ1) is 17.9.